The summed E-state index contributed by atoms with van der Waals surface area (Å²) in [7, 11) is 5.27. The van der Waals surface area contributed by atoms with Crippen LogP contribution in [0.3, 0.4) is 0 Å². The van der Waals surface area contributed by atoms with Crippen molar-refractivity contribution in [2.45, 2.75) is 50.6 Å². The lowest BCUT2D eigenvalue weighted by molar-refractivity contribution is -0.274. The Kier molecular flexibility index (Phi) is 7.05. The van der Waals surface area contributed by atoms with Crippen molar-refractivity contribution in [3.63, 3.8) is 0 Å². The molecule has 36 heavy (non-hydrogen) atoms. The van der Waals surface area contributed by atoms with E-state index in [1.165, 1.54) is 12.1 Å². The molecule has 0 aromatic heterocycles. The number of aromatic hydroxyl groups is 1. The number of hydrogen-bond donors (Lipinski definition) is 2. The van der Waals surface area contributed by atoms with Crippen LogP contribution in [-0.4, -0.2) is 56.3 Å². The zero-order valence-electron chi connectivity index (χ0n) is 21.1. The van der Waals surface area contributed by atoms with E-state index in [0.29, 0.717) is 17.9 Å². The number of nitrogens with one attached hydrogen (secondary N) is 1. The Morgan fingerprint density at radius 3 is 2.39 bits per heavy atom. The number of likely N-dealkylation sites (tertiary alicyclic amines) is 1. The van der Waals surface area contributed by atoms with Gasteiger partial charge in [-0.05, 0) is 82.3 Å². The number of hydrogen-bond acceptors (Lipinski definition) is 6. The third-order valence-corrected chi connectivity index (χ3v) is 7.75. The van der Waals surface area contributed by atoms with Crippen molar-refractivity contribution in [3.8, 4) is 17.2 Å². The van der Waals surface area contributed by atoms with E-state index in [4.69, 9.17) is 9.47 Å². The minimum absolute atomic E-state index is 0.0588. The Labute approximate surface area is 209 Å². The highest BCUT2D eigenvalue weighted by Gasteiger charge is 2.52. The standard InChI is InChI=1S/C27H33F3N2O4/c1-16-6-11-22(34-4)25(33)24(16)26-12-13-32(3)17(2)20(26)14-23(35-5)21(15-26)31-18-7-9-19(10-8-18)36-27(28,29)30/h6-11,14,17,20-21,31,33H,12-13,15H2,1-5H3. The molecule has 0 bridgehead atoms. The zero-order chi connectivity index (χ0) is 26.3. The molecule has 0 spiro atoms. The van der Waals surface area contributed by atoms with Gasteiger partial charge in [-0.2, -0.15) is 0 Å². The number of piperidine rings is 1. The van der Waals surface area contributed by atoms with Gasteiger partial charge in [0.25, 0.3) is 0 Å². The van der Waals surface area contributed by atoms with E-state index in [9.17, 15) is 18.3 Å². The summed E-state index contributed by atoms with van der Waals surface area (Å²) in [4.78, 5) is 2.31. The predicted molar refractivity (Wildman–Crippen MR) is 132 cm³/mol. The topological polar surface area (TPSA) is 63.2 Å². The minimum Gasteiger partial charge on any atom is -0.504 e. The molecule has 2 N–H and O–H groups in total. The molecule has 0 saturated carbocycles. The second-order valence-electron chi connectivity index (χ2n) is 9.71. The van der Waals surface area contributed by atoms with Crippen LogP contribution >= 0.6 is 0 Å². The van der Waals surface area contributed by atoms with Gasteiger partial charge in [-0.25, -0.2) is 0 Å². The molecule has 4 rings (SSSR count). The van der Waals surface area contributed by atoms with Gasteiger partial charge >= 0.3 is 6.36 Å². The van der Waals surface area contributed by atoms with Gasteiger partial charge in [0.1, 0.15) is 11.5 Å². The first-order valence-corrected chi connectivity index (χ1v) is 11.9. The van der Waals surface area contributed by atoms with Gasteiger partial charge in [-0.1, -0.05) is 6.07 Å². The first-order chi connectivity index (χ1) is 17.0. The van der Waals surface area contributed by atoms with Gasteiger partial charge in [0.15, 0.2) is 11.5 Å². The number of halogens is 3. The van der Waals surface area contributed by atoms with Gasteiger partial charge in [0.2, 0.25) is 0 Å². The maximum atomic E-state index is 12.6. The number of nitrogens with zero attached hydrogens (tertiary/aromatic N) is 1. The summed E-state index contributed by atoms with van der Waals surface area (Å²) in [6, 6.07) is 9.34. The highest BCUT2D eigenvalue weighted by atomic mass is 19.4. The number of benzene rings is 2. The van der Waals surface area contributed by atoms with Crippen molar-refractivity contribution < 1.29 is 32.5 Å². The molecule has 1 aliphatic heterocycles. The summed E-state index contributed by atoms with van der Waals surface area (Å²) in [5.74, 6) is 1.12. The van der Waals surface area contributed by atoms with Gasteiger partial charge in [0, 0.05) is 28.6 Å². The van der Waals surface area contributed by atoms with E-state index in [2.05, 4.69) is 35.0 Å². The number of methoxy groups -OCH3 is 2. The Bertz CT molecular complexity index is 1120. The summed E-state index contributed by atoms with van der Waals surface area (Å²) < 4.78 is 52.9. The predicted octanol–water partition coefficient (Wildman–Crippen LogP) is 5.60. The summed E-state index contributed by atoms with van der Waals surface area (Å²) in [6.45, 7) is 5.03. The summed E-state index contributed by atoms with van der Waals surface area (Å²) in [5, 5.41) is 14.7. The molecule has 196 valence electrons. The van der Waals surface area contributed by atoms with Crippen LogP contribution in [0.4, 0.5) is 18.9 Å². The number of rotatable bonds is 6. The number of anilines is 1. The Morgan fingerprint density at radius 1 is 1.08 bits per heavy atom. The molecule has 1 heterocycles. The number of ether oxygens (including phenoxy) is 3. The second-order valence-corrected chi connectivity index (χ2v) is 9.71. The highest BCUT2D eigenvalue weighted by molar-refractivity contribution is 5.56. The van der Waals surface area contributed by atoms with Crippen LogP contribution in [0.2, 0.25) is 0 Å². The molecular formula is C27H33F3N2O4. The molecule has 6 nitrogen and oxygen atoms in total. The van der Waals surface area contributed by atoms with Gasteiger partial charge < -0.3 is 29.5 Å². The van der Waals surface area contributed by atoms with Crippen LogP contribution < -0.4 is 14.8 Å². The Morgan fingerprint density at radius 2 is 1.78 bits per heavy atom. The smallest absolute Gasteiger partial charge is 0.504 e. The Balaban J connectivity index is 1.75. The van der Waals surface area contributed by atoms with Crippen LogP contribution in [0, 0.1) is 12.8 Å². The molecule has 4 atom stereocenters. The van der Waals surface area contributed by atoms with Crippen molar-refractivity contribution in [2.75, 3.05) is 33.1 Å². The van der Waals surface area contributed by atoms with Crippen LogP contribution in [0.5, 0.6) is 17.2 Å². The molecule has 1 fully saturated rings. The van der Waals surface area contributed by atoms with Crippen molar-refractivity contribution >= 4 is 5.69 Å². The van der Waals surface area contributed by atoms with Gasteiger partial charge in [-0.15, -0.1) is 13.2 Å². The molecule has 4 unspecified atom stereocenters. The lowest BCUT2D eigenvalue weighted by atomic mass is 9.57. The SMILES string of the molecule is COC1=CC2C(C)N(C)CCC2(c2c(C)ccc(OC)c2O)CC1Nc1ccc(OC(F)(F)F)cc1. The van der Waals surface area contributed by atoms with Gasteiger partial charge in [-0.3, -0.25) is 0 Å². The maximum Gasteiger partial charge on any atom is 0.573 e. The van der Waals surface area contributed by atoms with Crippen molar-refractivity contribution in [2.24, 2.45) is 5.92 Å². The number of phenolic OH excluding ortho intramolecular Hbond substituents is 1. The van der Waals surface area contributed by atoms with Crippen LogP contribution in [0.1, 0.15) is 30.9 Å². The zero-order valence-corrected chi connectivity index (χ0v) is 21.1. The quantitative estimate of drug-likeness (QED) is 0.532. The van der Waals surface area contributed by atoms with E-state index in [1.807, 2.05) is 13.0 Å². The van der Waals surface area contributed by atoms with E-state index < -0.39 is 11.8 Å². The molecule has 2 aliphatic rings. The Hall–Kier alpha value is -3.07. The van der Waals surface area contributed by atoms with E-state index >= 15 is 0 Å². The molecule has 1 aliphatic carbocycles. The molecule has 9 heteroatoms. The summed E-state index contributed by atoms with van der Waals surface area (Å²) in [6.07, 6.45) is -1.17. The normalized spacial score (nSPS) is 26.6. The fourth-order valence-corrected chi connectivity index (χ4v) is 5.92. The lowest BCUT2D eigenvalue weighted by Gasteiger charge is -2.54. The molecule has 1 saturated heterocycles. The average molecular weight is 507 g/mol. The van der Waals surface area contributed by atoms with Crippen LogP contribution in [-0.2, 0) is 10.2 Å². The minimum atomic E-state index is -4.74. The number of alkyl halides is 3. The van der Waals surface area contributed by atoms with E-state index in [-0.39, 0.29) is 29.5 Å². The first-order valence-electron chi connectivity index (χ1n) is 11.9. The third-order valence-electron chi connectivity index (χ3n) is 7.75. The summed E-state index contributed by atoms with van der Waals surface area (Å²) in [5.41, 5.74) is 2.09. The monoisotopic (exact) mass is 506 g/mol. The number of phenols is 1. The van der Waals surface area contributed by atoms with E-state index in [0.717, 1.165) is 29.9 Å². The fourth-order valence-electron chi connectivity index (χ4n) is 5.92. The average Bonchev–Trinajstić information content (AvgIpc) is 2.82. The van der Waals surface area contributed by atoms with Gasteiger partial charge in [0.05, 0.1) is 20.3 Å². The third kappa shape index (κ3) is 4.81. The molecule has 0 radical (unpaired) electrons. The molecule has 0 amide bonds. The first kappa shape index (κ1) is 26.0. The van der Waals surface area contributed by atoms with Crippen molar-refractivity contribution in [3.05, 3.63) is 59.4 Å². The van der Waals surface area contributed by atoms with Crippen molar-refractivity contribution in [1.29, 1.82) is 0 Å². The largest absolute Gasteiger partial charge is 0.573 e. The number of fused-ring (bicyclic) bond motifs is 1. The number of aryl methyl sites for hydroxylation is 1. The summed E-state index contributed by atoms with van der Waals surface area (Å²) >= 11 is 0. The molecule has 2 aromatic carbocycles. The highest BCUT2D eigenvalue weighted by Crippen LogP contribution is 2.55. The molecule has 2 aromatic rings. The fraction of sp³-hybridized carbons (Fsp3) is 0.481. The van der Waals surface area contributed by atoms with Crippen LogP contribution in [0.25, 0.3) is 0 Å². The van der Waals surface area contributed by atoms with Crippen LogP contribution in [0.15, 0.2) is 48.2 Å². The second kappa shape index (κ2) is 9.76. The molecular weight excluding hydrogens is 473 g/mol. The lowest BCUT2D eigenvalue weighted by Crippen LogP contribution is -2.57. The van der Waals surface area contributed by atoms with Crippen molar-refractivity contribution in [1.82, 2.24) is 4.90 Å². The maximum absolute atomic E-state index is 12.6. The van der Waals surface area contributed by atoms with E-state index in [1.54, 1.807) is 32.4 Å².